The first-order valence-corrected chi connectivity index (χ1v) is 8.08. The van der Waals surface area contributed by atoms with E-state index in [0.29, 0.717) is 18.9 Å². The van der Waals surface area contributed by atoms with E-state index in [-0.39, 0.29) is 12.4 Å². The van der Waals surface area contributed by atoms with Gasteiger partial charge in [-0.05, 0) is 18.2 Å². The van der Waals surface area contributed by atoms with Crippen molar-refractivity contribution in [2.24, 2.45) is 0 Å². The summed E-state index contributed by atoms with van der Waals surface area (Å²) in [4.78, 5) is 16.5. The van der Waals surface area contributed by atoms with Crippen LogP contribution in [-0.2, 0) is 4.74 Å². The molecule has 1 saturated heterocycles. The Hall–Kier alpha value is -2.74. The lowest BCUT2D eigenvalue weighted by Gasteiger charge is -2.32. The van der Waals surface area contributed by atoms with Crippen LogP contribution in [0, 0.1) is 11.6 Å². The van der Waals surface area contributed by atoms with Crippen molar-refractivity contribution in [3.8, 4) is 11.6 Å². The summed E-state index contributed by atoms with van der Waals surface area (Å²) in [6, 6.07) is 7.09. The van der Waals surface area contributed by atoms with Crippen LogP contribution < -0.4 is 14.8 Å². The number of methoxy groups -OCH3 is 1. The molecule has 0 saturated carbocycles. The Morgan fingerprint density at radius 1 is 1.27 bits per heavy atom. The standard InChI is InChI=1S/C18H18F2N2O4/c1-24-14-6-5-11(16(19)17(14)20)18(23)22-12-10-25-9-7-13(12)26-15-4-2-3-8-21-15/h2-6,8,12-13H,7,9-10H2,1H3,(H,22,23)/t12-,13-/m1/s1. The van der Waals surface area contributed by atoms with Gasteiger partial charge in [0.1, 0.15) is 6.10 Å². The third kappa shape index (κ3) is 3.91. The van der Waals surface area contributed by atoms with Crippen molar-refractivity contribution in [1.29, 1.82) is 0 Å². The lowest BCUT2D eigenvalue weighted by Crippen LogP contribution is -2.52. The van der Waals surface area contributed by atoms with E-state index in [4.69, 9.17) is 14.2 Å². The Labute approximate surface area is 149 Å². The summed E-state index contributed by atoms with van der Waals surface area (Å²) in [6.45, 7) is 0.666. The van der Waals surface area contributed by atoms with Crippen molar-refractivity contribution in [1.82, 2.24) is 10.3 Å². The molecule has 2 heterocycles. The van der Waals surface area contributed by atoms with E-state index < -0.39 is 35.3 Å². The number of carbonyl (C=O) groups is 1. The van der Waals surface area contributed by atoms with Crippen molar-refractivity contribution in [3.63, 3.8) is 0 Å². The van der Waals surface area contributed by atoms with Gasteiger partial charge in [-0.1, -0.05) is 6.07 Å². The Morgan fingerprint density at radius 3 is 2.85 bits per heavy atom. The number of carbonyl (C=O) groups excluding carboxylic acids is 1. The highest BCUT2D eigenvalue weighted by molar-refractivity contribution is 5.94. The predicted molar refractivity (Wildman–Crippen MR) is 88.3 cm³/mol. The van der Waals surface area contributed by atoms with Gasteiger partial charge < -0.3 is 19.5 Å². The smallest absolute Gasteiger partial charge is 0.254 e. The van der Waals surface area contributed by atoms with Gasteiger partial charge in [-0.15, -0.1) is 0 Å². The van der Waals surface area contributed by atoms with Crippen LogP contribution in [0.3, 0.4) is 0 Å². The van der Waals surface area contributed by atoms with Crippen molar-refractivity contribution < 1.29 is 27.8 Å². The van der Waals surface area contributed by atoms with Crippen molar-refractivity contribution in [2.75, 3.05) is 20.3 Å². The monoisotopic (exact) mass is 364 g/mol. The van der Waals surface area contributed by atoms with E-state index in [2.05, 4.69) is 10.3 Å². The molecule has 0 radical (unpaired) electrons. The van der Waals surface area contributed by atoms with Crippen LogP contribution in [-0.4, -0.2) is 43.4 Å². The molecule has 26 heavy (non-hydrogen) atoms. The van der Waals surface area contributed by atoms with E-state index in [1.807, 2.05) is 0 Å². The normalized spacial score (nSPS) is 19.7. The lowest BCUT2D eigenvalue weighted by molar-refractivity contribution is -0.00454. The zero-order valence-electron chi connectivity index (χ0n) is 14.1. The number of amides is 1. The fraction of sp³-hybridized carbons (Fsp3) is 0.333. The molecule has 1 fully saturated rings. The summed E-state index contributed by atoms with van der Waals surface area (Å²) in [5.74, 6) is -3.08. The molecule has 0 spiro atoms. The number of hydrogen-bond acceptors (Lipinski definition) is 5. The van der Waals surface area contributed by atoms with Gasteiger partial charge in [0.25, 0.3) is 5.91 Å². The molecule has 0 bridgehead atoms. The van der Waals surface area contributed by atoms with Gasteiger partial charge in [-0.2, -0.15) is 4.39 Å². The predicted octanol–water partition coefficient (Wildman–Crippen LogP) is 2.33. The number of ether oxygens (including phenoxy) is 3. The number of aromatic nitrogens is 1. The van der Waals surface area contributed by atoms with Crippen LogP contribution in [0.1, 0.15) is 16.8 Å². The van der Waals surface area contributed by atoms with Crippen LogP contribution >= 0.6 is 0 Å². The summed E-state index contributed by atoms with van der Waals surface area (Å²) in [7, 11) is 1.22. The number of halogens is 2. The second-order valence-electron chi connectivity index (χ2n) is 5.71. The highest BCUT2D eigenvalue weighted by Gasteiger charge is 2.31. The Bertz CT molecular complexity index is 773. The minimum atomic E-state index is -1.26. The van der Waals surface area contributed by atoms with Gasteiger partial charge in [-0.3, -0.25) is 4.79 Å². The summed E-state index contributed by atoms with van der Waals surface area (Å²) < 4.78 is 43.8. The Balaban J connectivity index is 1.73. The minimum absolute atomic E-state index is 0.198. The van der Waals surface area contributed by atoms with Gasteiger partial charge in [0.15, 0.2) is 11.6 Å². The summed E-state index contributed by atoms with van der Waals surface area (Å²) in [5.41, 5.74) is -0.412. The van der Waals surface area contributed by atoms with E-state index in [1.54, 1.807) is 24.4 Å². The number of rotatable bonds is 5. The first kappa shape index (κ1) is 18.1. The van der Waals surface area contributed by atoms with Crippen LogP contribution in [0.25, 0.3) is 0 Å². The van der Waals surface area contributed by atoms with E-state index >= 15 is 0 Å². The molecule has 138 valence electrons. The molecular weight excluding hydrogens is 346 g/mol. The van der Waals surface area contributed by atoms with Gasteiger partial charge in [0.05, 0.1) is 31.9 Å². The van der Waals surface area contributed by atoms with Gasteiger partial charge in [0.2, 0.25) is 11.7 Å². The van der Waals surface area contributed by atoms with Crippen molar-refractivity contribution >= 4 is 5.91 Å². The van der Waals surface area contributed by atoms with Gasteiger partial charge in [0, 0.05) is 18.7 Å². The molecule has 2 atom stereocenters. The van der Waals surface area contributed by atoms with Gasteiger partial charge in [-0.25, -0.2) is 9.37 Å². The molecule has 1 aromatic heterocycles. The maximum Gasteiger partial charge on any atom is 0.254 e. The second-order valence-corrected chi connectivity index (χ2v) is 5.71. The molecule has 1 N–H and O–H groups in total. The molecule has 3 rings (SSSR count). The molecule has 0 unspecified atom stereocenters. The number of hydrogen-bond donors (Lipinski definition) is 1. The maximum atomic E-state index is 14.1. The highest BCUT2D eigenvalue weighted by Crippen LogP contribution is 2.23. The van der Waals surface area contributed by atoms with Crippen molar-refractivity contribution in [3.05, 3.63) is 53.7 Å². The SMILES string of the molecule is COc1ccc(C(=O)N[C@@H]2COCC[C@H]2Oc2ccccn2)c(F)c1F. The number of benzene rings is 1. The Morgan fingerprint density at radius 2 is 2.12 bits per heavy atom. The quantitative estimate of drug-likeness (QED) is 0.882. The number of nitrogens with one attached hydrogen (secondary N) is 1. The molecule has 6 nitrogen and oxygen atoms in total. The third-order valence-corrected chi connectivity index (χ3v) is 4.03. The number of pyridine rings is 1. The fourth-order valence-electron chi connectivity index (χ4n) is 2.68. The van der Waals surface area contributed by atoms with Gasteiger partial charge >= 0.3 is 0 Å². The molecule has 0 aliphatic carbocycles. The van der Waals surface area contributed by atoms with E-state index in [0.717, 1.165) is 0 Å². The number of nitrogens with zero attached hydrogens (tertiary/aromatic N) is 1. The molecule has 1 aromatic carbocycles. The van der Waals surface area contributed by atoms with E-state index in [9.17, 15) is 13.6 Å². The fourth-order valence-corrected chi connectivity index (χ4v) is 2.68. The first-order valence-electron chi connectivity index (χ1n) is 8.08. The molecule has 2 aromatic rings. The Kier molecular flexibility index (Phi) is 5.62. The maximum absolute atomic E-state index is 14.1. The highest BCUT2D eigenvalue weighted by atomic mass is 19.2. The van der Waals surface area contributed by atoms with Crippen LogP contribution in [0.4, 0.5) is 8.78 Å². The summed E-state index contributed by atoms with van der Waals surface area (Å²) in [6.07, 6.45) is 1.73. The topological polar surface area (TPSA) is 69.7 Å². The molecule has 1 amide bonds. The zero-order valence-corrected chi connectivity index (χ0v) is 14.1. The largest absolute Gasteiger partial charge is 0.494 e. The summed E-state index contributed by atoms with van der Waals surface area (Å²) >= 11 is 0. The molecular formula is C18H18F2N2O4. The van der Waals surface area contributed by atoms with Crippen LogP contribution in [0.15, 0.2) is 36.5 Å². The van der Waals surface area contributed by atoms with Crippen LogP contribution in [0.2, 0.25) is 0 Å². The lowest BCUT2D eigenvalue weighted by atomic mass is 10.1. The molecule has 1 aliphatic rings. The zero-order chi connectivity index (χ0) is 18.5. The van der Waals surface area contributed by atoms with E-state index in [1.165, 1.54) is 19.2 Å². The minimum Gasteiger partial charge on any atom is -0.494 e. The average molecular weight is 364 g/mol. The average Bonchev–Trinajstić information content (AvgIpc) is 2.66. The molecule has 1 aliphatic heterocycles. The summed E-state index contributed by atoms with van der Waals surface area (Å²) in [5, 5.41) is 2.65. The molecule has 8 heteroatoms. The van der Waals surface area contributed by atoms with Crippen LogP contribution in [0.5, 0.6) is 11.6 Å². The third-order valence-electron chi connectivity index (χ3n) is 4.03. The first-order chi connectivity index (χ1) is 12.6. The van der Waals surface area contributed by atoms with Crippen molar-refractivity contribution in [2.45, 2.75) is 18.6 Å². The second kappa shape index (κ2) is 8.09.